The first-order chi connectivity index (χ1) is 8.97. The number of hydrogen-bond acceptors (Lipinski definition) is 3. The number of hydrogen-bond donors (Lipinski definition) is 0. The summed E-state index contributed by atoms with van der Waals surface area (Å²) in [6.07, 6.45) is 7.48. The van der Waals surface area contributed by atoms with Crippen molar-refractivity contribution < 1.29 is 9.59 Å². The number of rotatable bonds is 7. The van der Waals surface area contributed by atoms with Gasteiger partial charge in [-0.15, -0.1) is 0 Å². The molecule has 0 aromatic carbocycles. The molecule has 3 heteroatoms. The normalized spacial score (nSPS) is 13.6. The minimum absolute atomic E-state index is 0.0869. The van der Waals surface area contributed by atoms with Gasteiger partial charge in [0.25, 0.3) is 0 Å². The topological polar surface area (TPSA) is 37.4 Å². The van der Waals surface area contributed by atoms with Crippen LogP contribution in [0.2, 0.25) is 0 Å². The first-order valence-electron chi connectivity index (χ1n) is 7.03. The molecule has 114 valence electrons. The molecule has 3 nitrogen and oxygen atoms in total. The number of allylic oxidation sites excluding steroid dienone is 3. The summed E-state index contributed by atoms with van der Waals surface area (Å²) < 4.78 is 0. The van der Waals surface area contributed by atoms with Gasteiger partial charge in [-0.25, -0.2) is 0 Å². The average molecular weight is 279 g/mol. The summed E-state index contributed by atoms with van der Waals surface area (Å²) in [4.78, 5) is 25.9. The second-order valence-corrected chi connectivity index (χ2v) is 7.13. The molecule has 0 bridgehead atoms. The number of carbonyl (C=O) groups excluding carboxylic acids is 2. The molecular formula is C17H29NO2. The van der Waals surface area contributed by atoms with E-state index in [-0.39, 0.29) is 17.0 Å². The Hall–Kier alpha value is -1.22. The van der Waals surface area contributed by atoms with E-state index in [4.69, 9.17) is 0 Å². The van der Waals surface area contributed by atoms with Crippen molar-refractivity contribution in [2.75, 3.05) is 20.6 Å². The Morgan fingerprint density at radius 2 is 1.40 bits per heavy atom. The fourth-order valence-corrected chi connectivity index (χ4v) is 1.41. The summed E-state index contributed by atoms with van der Waals surface area (Å²) in [6, 6.07) is 0. The molecule has 0 N–H and O–H groups in total. The van der Waals surface area contributed by atoms with Crippen LogP contribution in [0.25, 0.3) is 0 Å². The van der Waals surface area contributed by atoms with Crippen LogP contribution in [0, 0.1) is 10.8 Å². The van der Waals surface area contributed by atoms with Gasteiger partial charge < -0.3 is 4.90 Å². The first-order valence-corrected chi connectivity index (χ1v) is 7.03. The third kappa shape index (κ3) is 7.39. The van der Waals surface area contributed by atoms with Gasteiger partial charge in [0.1, 0.15) is 0 Å². The number of carbonyl (C=O) groups is 2. The summed E-state index contributed by atoms with van der Waals surface area (Å²) in [5.74, 6) is 0.177. The van der Waals surface area contributed by atoms with E-state index in [1.54, 1.807) is 12.2 Å². The van der Waals surface area contributed by atoms with Crippen LogP contribution >= 0.6 is 0 Å². The minimum Gasteiger partial charge on any atom is -0.306 e. The molecule has 0 saturated heterocycles. The van der Waals surface area contributed by atoms with Crippen molar-refractivity contribution >= 4 is 11.6 Å². The van der Waals surface area contributed by atoms with E-state index in [0.717, 1.165) is 6.54 Å². The molecule has 0 amide bonds. The molecule has 0 aliphatic heterocycles. The first kappa shape index (κ1) is 18.8. The van der Waals surface area contributed by atoms with Crippen molar-refractivity contribution in [3.05, 3.63) is 24.3 Å². The van der Waals surface area contributed by atoms with Crippen LogP contribution in [0.15, 0.2) is 24.3 Å². The standard InChI is InChI=1S/C17H29NO2/c1-16(2,3)14(19)10-8-12-17(4,5)15(20)11-9-13-18(6)7/h8-11H,12-13H2,1-7H3/b10-8+,11-9+. The molecule has 0 rings (SSSR count). The molecule has 20 heavy (non-hydrogen) atoms. The number of nitrogens with zero attached hydrogens (tertiary/aromatic N) is 1. The van der Waals surface area contributed by atoms with Crippen molar-refractivity contribution in [3.8, 4) is 0 Å². The van der Waals surface area contributed by atoms with Gasteiger partial charge in [0.2, 0.25) is 0 Å². The number of likely N-dealkylation sites (N-methyl/N-ethyl adjacent to an activating group) is 1. The lowest BCUT2D eigenvalue weighted by atomic mass is 9.83. The Morgan fingerprint density at radius 1 is 0.900 bits per heavy atom. The smallest absolute Gasteiger partial charge is 0.161 e. The average Bonchev–Trinajstić information content (AvgIpc) is 2.26. The van der Waals surface area contributed by atoms with Gasteiger partial charge in [-0.3, -0.25) is 9.59 Å². The van der Waals surface area contributed by atoms with Crippen LogP contribution in [0.3, 0.4) is 0 Å². The molecule has 0 saturated carbocycles. The van der Waals surface area contributed by atoms with Crippen molar-refractivity contribution in [2.24, 2.45) is 10.8 Å². The van der Waals surface area contributed by atoms with Crippen LogP contribution in [-0.4, -0.2) is 37.1 Å². The Bertz CT molecular complexity index is 396. The van der Waals surface area contributed by atoms with Crippen LogP contribution in [-0.2, 0) is 9.59 Å². The monoisotopic (exact) mass is 279 g/mol. The van der Waals surface area contributed by atoms with Gasteiger partial charge >= 0.3 is 0 Å². The Morgan fingerprint density at radius 3 is 1.85 bits per heavy atom. The fourth-order valence-electron chi connectivity index (χ4n) is 1.41. The zero-order valence-corrected chi connectivity index (χ0v) is 14.0. The second kappa shape index (κ2) is 7.53. The summed E-state index contributed by atoms with van der Waals surface area (Å²) >= 11 is 0. The quantitative estimate of drug-likeness (QED) is 0.671. The van der Waals surface area contributed by atoms with E-state index in [0.29, 0.717) is 6.42 Å². The van der Waals surface area contributed by atoms with Gasteiger partial charge in [0.15, 0.2) is 11.6 Å². The molecule has 0 fully saturated rings. The van der Waals surface area contributed by atoms with E-state index in [1.807, 2.05) is 65.8 Å². The van der Waals surface area contributed by atoms with E-state index in [9.17, 15) is 9.59 Å². The Kier molecular flexibility index (Phi) is 7.07. The highest BCUT2D eigenvalue weighted by Crippen LogP contribution is 2.23. The summed E-state index contributed by atoms with van der Waals surface area (Å²) in [7, 11) is 3.92. The van der Waals surface area contributed by atoms with E-state index >= 15 is 0 Å². The van der Waals surface area contributed by atoms with Gasteiger partial charge in [-0.2, -0.15) is 0 Å². The highest BCUT2D eigenvalue weighted by atomic mass is 16.1. The maximum atomic E-state index is 12.1. The zero-order chi connectivity index (χ0) is 16.0. The van der Waals surface area contributed by atoms with Crippen molar-refractivity contribution in [1.82, 2.24) is 4.90 Å². The largest absolute Gasteiger partial charge is 0.306 e. The molecule has 0 aliphatic rings. The molecule has 0 aliphatic carbocycles. The predicted octanol–water partition coefficient (Wildman–Crippen LogP) is 3.26. The van der Waals surface area contributed by atoms with Crippen LogP contribution in [0.1, 0.15) is 41.0 Å². The molecule has 0 heterocycles. The maximum Gasteiger partial charge on any atom is 0.161 e. The van der Waals surface area contributed by atoms with Crippen LogP contribution in [0.5, 0.6) is 0 Å². The van der Waals surface area contributed by atoms with E-state index in [2.05, 4.69) is 0 Å². The lowest BCUT2D eigenvalue weighted by Gasteiger charge is -2.19. The third-order valence-electron chi connectivity index (χ3n) is 3.04. The second-order valence-electron chi connectivity index (χ2n) is 7.13. The molecular weight excluding hydrogens is 250 g/mol. The summed E-state index contributed by atoms with van der Waals surface area (Å²) in [5, 5.41) is 0. The SMILES string of the molecule is CN(C)C/C=C/C(=O)C(C)(C)C/C=C/C(=O)C(C)(C)C. The van der Waals surface area contributed by atoms with Crippen LogP contribution < -0.4 is 0 Å². The van der Waals surface area contributed by atoms with Crippen molar-refractivity contribution in [3.63, 3.8) is 0 Å². The lowest BCUT2D eigenvalue weighted by molar-refractivity contribution is -0.122. The van der Waals surface area contributed by atoms with Gasteiger partial charge in [-0.1, -0.05) is 46.8 Å². The van der Waals surface area contributed by atoms with E-state index in [1.165, 1.54) is 0 Å². The Labute approximate surface area is 123 Å². The zero-order valence-electron chi connectivity index (χ0n) is 14.0. The summed E-state index contributed by atoms with van der Waals surface area (Å²) in [6.45, 7) is 10.2. The maximum absolute atomic E-state index is 12.1. The highest BCUT2D eigenvalue weighted by molar-refractivity contribution is 5.95. The Balaban J connectivity index is 4.52. The van der Waals surface area contributed by atoms with Crippen LogP contribution in [0.4, 0.5) is 0 Å². The summed E-state index contributed by atoms with van der Waals surface area (Å²) in [5.41, 5.74) is -0.840. The fraction of sp³-hybridized carbons (Fsp3) is 0.647. The lowest BCUT2D eigenvalue weighted by Crippen LogP contribution is -2.22. The number of ketones is 2. The highest BCUT2D eigenvalue weighted by Gasteiger charge is 2.24. The van der Waals surface area contributed by atoms with Crippen molar-refractivity contribution in [2.45, 2.75) is 41.0 Å². The van der Waals surface area contributed by atoms with Gasteiger partial charge in [-0.05, 0) is 32.7 Å². The third-order valence-corrected chi connectivity index (χ3v) is 3.04. The van der Waals surface area contributed by atoms with Gasteiger partial charge in [0.05, 0.1) is 0 Å². The molecule has 0 radical (unpaired) electrons. The molecule has 0 atom stereocenters. The van der Waals surface area contributed by atoms with E-state index < -0.39 is 5.41 Å². The molecule has 0 aromatic rings. The molecule has 0 unspecified atom stereocenters. The predicted molar refractivity (Wildman–Crippen MR) is 84.7 cm³/mol. The van der Waals surface area contributed by atoms with Crippen molar-refractivity contribution in [1.29, 1.82) is 0 Å². The minimum atomic E-state index is -0.475. The molecule has 0 spiro atoms. The van der Waals surface area contributed by atoms with Gasteiger partial charge in [0, 0.05) is 17.4 Å². The molecule has 0 aromatic heterocycles.